The summed E-state index contributed by atoms with van der Waals surface area (Å²) in [6.45, 7) is 2.29. The minimum Gasteiger partial charge on any atom is -0.326 e. The first-order chi connectivity index (χ1) is 13.1. The van der Waals surface area contributed by atoms with Crippen LogP contribution in [0.15, 0.2) is 72.8 Å². The molecule has 3 aromatic carbocycles. The molecule has 0 saturated heterocycles. The van der Waals surface area contributed by atoms with Gasteiger partial charge in [0.15, 0.2) is 0 Å². The first-order valence-electron chi connectivity index (χ1n) is 8.64. The Morgan fingerprint density at radius 1 is 0.778 bits per heavy atom. The molecule has 0 aliphatic rings. The molecule has 0 saturated carbocycles. The fraction of sp³-hybridized carbons (Fsp3) is 0.0909. The van der Waals surface area contributed by atoms with Gasteiger partial charge in [-0.15, -0.1) is 0 Å². The van der Waals surface area contributed by atoms with Gasteiger partial charge < -0.3 is 16.4 Å². The molecule has 136 valence electrons. The molecule has 5 heteroatoms. The van der Waals surface area contributed by atoms with E-state index in [0.29, 0.717) is 29.0 Å². The highest BCUT2D eigenvalue weighted by molar-refractivity contribution is 6.10. The van der Waals surface area contributed by atoms with Crippen LogP contribution in [0.1, 0.15) is 31.8 Å². The van der Waals surface area contributed by atoms with Crippen molar-refractivity contribution in [1.82, 2.24) is 0 Å². The SMILES string of the molecule is Cc1ccc(NC(=O)c2ccccc2)c(NC(=O)c2cccc(CN)c2)c1. The summed E-state index contributed by atoms with van der Waals surface area (Å²) in [4.78, 5) is 25.1. The molecule has 0 radical (unpaired) electrons. The molecule has 27 heavy (non-hydrogen) atoms. The van der Waals surface area contributed by atoms with Gasteiger partial charge in [0.2, 0.25) is 0 Å². The predicted molar refractivity (Wildman–Crippen MR) is 108 cm³/mol. The minimum atomic E-state index is -0.258. The summed E-state index contributed by atoms with van der Waals surface area (Å²) in [6, 6.07) is 21.6. The average Bonchev–Trinajstić information content (AvgIpc) is 2.70. The number of hydrogen-bond donors (Lipinski definition) is 3. The maximum absolute atomic E-state index is 12.6. The Morgan fingerprint density at radius 3 is 2.19 bits per heavy atom. The Labute approximate surface area is 158 Å². The minimum absolute atomic E-state index is 0.236. The summed E-state index contributed by atoms with van der Waals surface area (Å²) in [6.07, 6.45) is 0. The third-order valence-corrected chi connectivity index (χ3v) is 4.13. The Bertz CT molecular complexity index is 968. The number of nitrogens with two attached hydrogens (primary N) is 1. The molecule has 3 aromatic rings. The zero-order valence-electron chi connectivity index (χ0n) is 15.0. The van der Waals surface area contributed by atoms with Crippen molar-refractivity contribution in [3.63, 3.8) is 0 Å². The standard InChI is InChI=1S/C22H21N3O2/c1-15-10-11-19(24-21(26)17-7-3-2-4-8-17)20(12-15)25-22(27)18-9-5-6-16(13-18)14-23/h2-13H,14,23H2,1H3,(H,24,26)(H,25,27). The van der Waals surface area contributed by atoms with Crippen molar-refractivity contribution in [2.24, 2.45) is 5.73 Å². The molecule has 0 bridgehead atoms. The molecule has 5 nitrogen and oxygen atoms in total. The molecule has 4 N–H and O–H groups in total. The fourth-order valence-electron chi connectivity index (χ4n) is 2.69. The van der Waals surface area contributed by atoms with Gasteiger partial charge in [-0.1, -0.05) is 36.4 Å². The highest BCUT2D eigenvalue weighted by atomic mass is 16.2. The van der Waals surface area contributed by atoms with Crippen LogP contribution in [-0.4, -0.2) is 11.8 Å². The quantitative estimate of drug-likeness (QED) is 0.645. The van der Waals surface area contributed by atoms with E-state index in [2.05, 4.69) is 10.6 Å². The smallest absolute Gasteiger partial charge is 0.255 e. The molecule has 3 rings (SSSR count). The van der Waals surface area contributed by atoms with Gasteiger partial charge in [-0.25, -0.2) is 0 Å². The van der Waals surface area contributed by atoms with E-state index in [1.807, 2.05) is 31.2 Å². The second kappa shape index (κ2) is 8.29. The van der Waals surface area contributed by atoms with E-state index in [9.17, 15) is 9.59 Å². The average molecular weight is 359 g/mol. The van der Waals surface area contributed by atoms with Crippen LogP contribution >= 0.6 is 0 Å². The lowest BCUT2D eigenvalue weighted by molar-refractivity contribution is 0.101. The van der Waals surface area contributed by atoms with E-state index >= 15 is 0 Å². The zero-order chi connectivity index (χ0) is 19.2. The largest absolute Gasteiger partial charge is 0.326 e. The Kier molecular flexibility index (Phi) is 5.64. The van der Waals surface area contributed by atoms with Gasteiger partial charge in [0, 0.05) is 17.7 Å². The van der Waals surface area contributed by atoms with Crippen LogP contribution in [0.3, 0.4) is 0 Å². The summed E-state index contributed by atoms with van der Waals surface area (Å²) >= 11 is 0. The lowest BCUT2D eigenvalue weighted by Gasteiger charge is -2.14. The van der Waals surface area contributed by atoms with Crippen molar-refractivity contribution < 1.29 is 9.59 Å². The van der Waals surface area contributed by atoms with E-state index < -0.39 is 0 Å². The van der Waals surface area contributed by atoms with Gasteiger partial charge in [0.05, 0.1) is 11.4 Å². The highest BCUT2D eigenvalue weighted by Crippen LogP contribution is 2.24. The third kappa shape index (κ3) is 4.59. The predicted octanol–water partition coefficient (Wildman–Crippen LogP) is 3.96. The number of rotatable bonds is 5. The number of amides is 2. The molecule has 0 spiro atoms. The van der Waals surface area contributed by atoms with E-state index in [0.717, 1.165) is 11.1 Å². The van der Waals surface area contributed by atoms with E-state index in [-0.39, 0.29) is 11.8 Å². The van der Waals surface area contributed by atoms with Crippen molar-refractivity contribution in [2.45, 2.75) is 13.5 Å². The number of carbonyl (C=O) groups is 2. The van der Waals surface area contributed by atoms with Crippen LogP contribution in [-0.2, 0) is 6.54 Å². The number of anilines is 2. The van der Waals surface area contributed by atoms with Crippen molar-refractivity contribution in [2.75, 3.05) is 10.6 Å². The monoisotopic (exact) mass is 359 g/mol. The molecule has 0 fully saturated rings. The van der Waals surface area contributed by atoms with Crippen molar-refractivity contribution in [3.8, 4) is 0 Å². The van der Waals surface area contributed by atoms with E-state index in [1.165, 1.54) is 0 Å². The summed E-state index contributed by atoms with van der Waals surface area (Å²) in [5, 5.41) is 5.74. The Balaban J connectivity index is 1.83. The molecule has 0 aliphatic carbocycles. The maximum atomic E-state index is 12.6. The molecule has 0 aromatic heterocycles. The van der Waals surface area contributed by atoms with Crippen LogP contribution in [0.2, 0.25) is 0 Å². The number of nitrogens with one attached hydrogen (secondary N) is 2. The summed E-state index contributed by atoms with van der Waals surface area (Å²) in [7, 11) is 0. The third-order valence-electron chi connectivity index (χ3n) is 4.13. The van der Waals surface area contributed by atoms with E-state index in [1.54, 1.807) is 48.5 Å². The zero-order valence-corrected chi connectivity index (χ0v) is 15.0. The van der Waals surface area contributed by atoms with Crippen molar-refractivity contribution in [1.29, 1.82) is 0 Å². The number of carbonyl (C=O) groups excluding carboxylic acids is 2. The van der Waals surface area contributed by atoms with Gasteiger partial charge in [0.25, 0.3) is 11.8 Å². The van der Waals surface area contributed by atoms with E-state index in [4.69, 9.17) is 5.73 Å². The molecule has 0 unspecified atom stereocenters. The molecule has 2 amide bonds. The Hall–Kier alpha value is -3.44. The van der Waals surface area contributed by atoms with Gasteiger partial charge in [-0.05, 0) is 54.4 Å². The molecule has 0 heterocycles. The maximum Gasteiger partial charge on any atom is 0.255 e. The van der Waals surface area contributed by atoms with Crippen LogP contribution in [0.5, 0.6) is 0 Å². The lowest BCUT2D eigenvalue weighted by atomic mass is 10.1. The van der Waals surface area contributed by atoms with Crippen molar-refractivity contribution in [3.05, 3.63) is 95.1 Å². The summed E-state index contributed by atoms with van der Waals surface area (Å²) in [5.41, 5.74) is 9.64. The second-order valence-corrected chi connectivity index (χ2v) is 6.23. The normalized spacial score (nSPS) is 10.3. The number of hydrogen-bond acceptors (Lipinski definition) is 3. The first-order valence-corrected chi connectivity index (χ1v) is 8.64. The van der Waals surface area contributed by atoms with Crippen molar-refractivity contribution >= 4 is 23.2 Å². The van der Waals surface area contributed by atoms with Gasteiger partial charge in [0.1, 0.15) is 0 Å². The molecular formula is C22H21N3O2. The van der Waals surface area contributed by atoms with Crippen LogP contribution in [0, 0.1) is 6.92 Å². The van der Waals surface area contributed by atoms with Crippen LogP contribution < -0.4 is 16.4 Å². The molecular weight excluding hydrogens is 338 g/mol. The van der Waals surface area contributed by atoms with Gasteiger partial charge in [-0.2, -0.15) is 0 Å². The first kappa shape index (κ1) is 18.4. The fourth-order valence-corrected chi connectivity index (χ4v) is 2.69. The van der Waals surface area contributed by atoms with Gasteiger partial charge in [-0.3, -0.25) is 9.59 Å². The topological polar surface area (TPSA) is 84.2 Å². The number of aryl methyl sites for hydroxylation is 1. The Morgan fingerprint density at radius 2 is 1.44 bits per heavy atom. The molecule has 0 atom stereocenters. The van der Waals surface area contributed by atoms with Crippen LogP contribution in [0.4, 0.5) is 11.4 Å². The lowest BCUT2D eigenvalue weighted by Crippen LogP contribution is -2.17. The highest BCUT2D eigenvalue weighted by Gasteiger charge is 2.13. The summed E-state index contributed by atoms with van der Waals surface area (Å²) < 4.78 is 0. The van der Waals surface area contributed by atoms with Crippen LogP contribution in [0.25, 0.3) is 0 Å². The molecule has 0 aliphatic heterocycles. The second-order valence-electron chi connectivity index (χ2n) is 6.23. The summed E-state index contributed by atoms with van der Waals surface area (Å²) in [5.74, 6) is -0.494. The van der Waals surface area contributed by atoms with Gasteiger partial charge >= 0.3 is 0 Å². The number of benzene rings is 3.